The molecule has 234 valence electrons. The molecule has 10 nitrogen and oxygen atoms in total. The fourth-order valence-corrected chi connectivity index (χ4v) is 6.01. The largest absolute Gasteiger partial charge is 0.494 e. The van der Waals surface area contributed by atoms with E-state index in [1.807, 2.05) is 96.8 Å². The maximum Gasteiger partial charge on any atom is 0.333 e. The van der Waals surface area contributed by atoms with Crippen molar-refractivity contribution in [3.05, 3.63) is 152 Å². The van der Waals surface area contributed by atoms with Crippen molar-refractivity contribution in [1.82, 2.24) is 14.0 Å². The summed E-state index contributed by atoms with van der Waals surface area (Å²) in [6, 6.07) is 28.2. The Labute approximate surface area is 265 Å². The Morgan fingerprint density at radius 3 is 2.33 bits per heavy atom. The first-order valence-electron chi connectivity index (χ1n) is 15.1. The molecular weight excluding hydrogens is 582 g/mol. The lowest BCUT2D eigenvalue weighted by atomic mass is 9.81. The average molecular weight is 618 g/mol. The molecule has 0 saturated carbocycles. The number of aromatic hydroxyl groups is 1. The Morgan fingerprint density at radius 1 is 0.891 bits per heavy atom. The molecule has 2 N–H and O–H groups in total. The first-order valence-corrected chi connectivity index (χ1v) is 15.1. The van der Waals surface area contributed by atoms with Crippen LogP contribution in [-0.4, -0.2) is 44.0 Å². The van der Waals surface area contributed by atoms with Crippen molar-refractivity contribution in [2.45, 2.75) is 25.3 Å². The van der Waals surface area contributed by atoms with Crippen LogP contribution in [0.1, 0.15) is 50.3 Å². The van der Waals surface area contributed by atoms with Gasteiger partial charge in [-0.15, -0.1) is 0 Å². The highest BCUT2D eigenvalue weighted by Crippen LogP contribution is 2.43. The number of aryl methyl sites for hydroxylation is 1. The number of carbonyl (C=O) groups excluding carboxylic acids is 1. The summed E-state index contributed by atoms with van der Waals surface area (Å²) in [5.74, 6) is -0.261. The van der Waals surface area contributed by atoms with Crippen molar-refractivity contribution < 1.29 is 14.3 Å². The number of carbonyl (C=O) groups is 1. The lowest BCUT2D eigenvalue weighted by Gasteiger charge is -2.41. The quantitative estimate of drug-likeness (QED) is 0.191. The second-order valence-corrected chi connectivity index (χ2v) is 11.5. The third-order valence-corrected chi connectivity index (χ3v) is 8.52. The van der Waals surface area contributed by atoms with Gasteiger partial charge >= 0.3 is 5.69 Å². The Morgan fingerprint density at radius 2 is 1.61 bits per heavy atom. The molecule has 1 amide bonds. The van der Waals surface area contributed by atoms with Crippen molar-refractivity contribution in [3.63, 3.8) is 0 Å². The van der Waals surface area contributed by atoms with Crippen LogP contribution in [0.3, 0.4) is 0 Å². The van der Waals surface area contributed by atoms with Crippen molar-refractivity contribution in [3.8, 4) is 5.88 Å². The highest BCUT2D eigenvalue weighted by molar-refractivity contribution is 6.09. The Bertz CT molecular complexity index is 2010. The Balaban J connectivity index is 1.48. The van der Waals surface area contributed by atoms with Crippen LogP contribution in [0.2, 0.25) is 0 Å². The Hall–Kier alpha value is -5.64. The molecule has 10 heteroatoms. The third-order valence-electron chi connectivity index (χ3n) is 8.52. The van der Waals surface area contributed by atoms with Crippen molar-refractivity contribution >= 4 is 17.4 Å². The summed E-state index contributed by atoms with van der Waals surface area (Å²) in [7, 11) is 2.75. The molecule has 2 aromatic heterocycles. The predicted molar refractivity (Wildman–Crippen MR) is 177 cm³/mol. The van der Waals surface area contributed by atoms with Crippen LogP contribution in [0.15, 0.2) is 116 Å². The van der Waals surface area contributed by atoms with Gasteiger partial charge in [0.15, 0.2) is 0 Å². The minimum Gasteiger partial charge on any atom is -0.494 e. The number of nitrogens with zero attached hydrogens (tertiary/aromatic N) is 4. The van der Waals surface area contributed by atoms with Crippen LogP contribution in [0, 0.1) is 6.92 Å². The molecule has 3 aromatic carbocycles. The number of anilines is 1. The molecule has 1 aliphatic heterocycles. The van der Waals surface area contributed by atoms with Gasteiger partial charge in [-0.05, 0) is 54.8 Å². The zero-order valence-electron chi connectivity index (χ0n) is 25.9. The summed E-state index contributed by atoms with van der Waals surface area (Å²) in [4.78, 5) is 46.9. The molecule has 0 spiro atoms. The maximum atomic E-state index is 14.0. The van der Waals surface area contributed by atoms with E-state index in [0.29, 0.717) is 30.0 Å². The molecule has 1 aliphatic rings. The summed E-state index contributed by atoms with van der Waals surface area (Å²) in [5, 5.41) is 14.3. The first-order chi connectivity index (χ1) is 22.2. The summed E-state index contributed by atoms with van der Waals surface area (Å²) in [5.41, 5.74) is 2.69. The van der Waals surface area contributed by atoms with Gasteiger partial charge in [0, 0.05) is 37.8 Å². The molecule has 46 heavy (non-hydrogen) atoms. The van der Waals surface area contributed by atoms with Crippen molar-refractivity contribution in [2.75, 3.05) is 18.4 Å². The number of nitrogens with one attached hydrogen (secondary N) is 1. The van der Waals surface area contributed by atoms with E-state index in [2.05, 4.69) is 5.32 Å². The zero-order valence-corrected chi connectivity index (χ0v) is 25.9. The number of amides is 1. The van der Waals surface area contributed by atoms with Crippen LogP contribution in [0.5, 0.6) is 5.88 Å². The predicted octanol–water partition coefficient (Wildman–Crippen LogP) is 4.77. The van der Waals surface area contributed by atoms with Gasteiger partial charge in [-0.2, -0.15) is 0 Å². The SMILES string of the molecule is Cc1ccc(NC(=NC[C@@H]2c3ccccc3C(=O)N(CCc3ccccc3)[C@@H]2c2ccco2)c2c(O)n(C)c(=O)n(C)c2=O)cc1. The molecule has 0 unspecified atom stereocenters. The molecule has 0 radical (unpaired) electrons. The van der Waals surface area contributed by atoms with Gasteiger partial charge in [0.25, 0.3) is 11.5 Å². The van der Waals surface area contributed by atoms with E-state index in [1.54, 1.807) is 12.3 Å². The average Bonchev–Trinajstić information content (AvgIpc) is 3.61. The lowest BCUT2D eigenvalue weighted by molar-refractivity contribution is 0.0583. The van der Waals surface area contributed by atoms with Gasteiger partial charge in [0.2, 0.25) is 5.88 Å². The number of furan rings is 1. The minimum atomic E-state index is -0.690. The maximum absolute atomic E-state index is 14.0. The fraction of sp³-hybridized carbons (Fsp3) is 0.222. The third kappa shape index (κ3) is 5.77. The standard InChI is InChI=1S/C36H35N5O5/c1-23-15-17-25(18-16-23)38-32(30-34(43)39(2)36(45)40(3)35(30)44)37-22-28-26-12-7-8-13-27(26)33(42)41(31(28)29-14-9-21-46-29)20-19-24-10-5-4-6-11-24/h4-18,21,28,31,43H,19-20,22H2,1-3H3,(H,37,38)/t28-,31+/m1/s1. The summed E-state index contributed by atoms with van der Waals surface area (Å²) < 4.78 is 7.89. The molecule has 0 bridgehead atoms. The van der Waals surface area contributed by atoms with Gasteiger partial charge < -0.3 is 19.7 Å². The zero-order chi connectivity index (χ0) is 32.4. The van der Waals surface area contributed by atoms with Crippen molar-refractivity contribution in [2.24, 2.45) is 19.1 Å². The molecule has 2 atom stereocenters. The molecule has 6 rings (SSSR count). The Kier molecular flexibility index (Phi) is 8.43. The van der Waals surface area contributed by atoms with Crippen LogP contribution < -0.4 is 16.6 Å². The lowest BCUT2D eigenvalue weighted by Crippen LogP contribution is -2.44. The van der Waals surface area contributed by atoms with Gasteiger partial charge in [0.05, 0.1) is 18.8 Å². The van der Waals surface area contributed by atoms with Gasteiger partial charge in [0.1, 0.15) is 17.2 Å². The number of hydrogen-bond donors (Lipinski definition) is 2. The number of hydrogen-bond acceptors (Lipinski definition) is 6. The topological polar surface area (TPSA) is 122 Å². The smallest absolute Gasteiger partial charge is 0.333 e. The summed E-state index contributed by atoms with van der Waals surface area (Å²) in [6.45, 7) is 2.53. The monoisotopic (exact) mass is 617 g/mol. The van der Waals surface area contributed by atoms with E-state index in [0.717, 1.165) is 25.8 Å². The number of amidine groups is 1. The van der Waals surface area contributed by atoms with Gasteiger partial charge in [-0.25, -0.2) is 4.79 Å². The summed E-state index contributed by atoms with van der Waals surface area (Å²) >= 11 is 0. The fourth-order valence-electron chi connectivity index (χ4n) is 6.01. The van der Waals surface area contributed by atoms with Gasteiger partial charge in [-0.1, -0.05) is 66.2 Å². The highest BCUT2D eigenvalue weighted by Gasteiger charge is 2.42. The number of aromatic nitrogens is 2. The highest BCUT2D eigenvalue weighted by atomic mass is 16.3. The van der Waals surface area contributed by atoms with E-state index in [-0.39, 0.29) is 29.8 Å². The molecule has 0 aliphatic carbocycles. The van der Waals surface area contributed by atoms with Crippen LogP contribution in [0.4, 0.5) is 5.69 Å². The minimum absolute atomic E-state index is 0.0981. The molecule has 0 fully saturated rings. The van der Waals surface area contributed by atoms with Crippen molar-refractivity contribution in [1.29, 1.82) is 0 Å². The normalized spacial score (nSPS) is 16.4. The second-order valence-electron chi connectivity index (χ2n) is 11.5. The summed E-state index contributed by atoms with van der Waals surface area (Å²) in [6.07, 6.45) is 2.23. The number of fused-ring (bicyclic) bond motifs is 1. The van der Waals surface area contributed by atoms with E-state index < -0.39 is 23.2 Å². The van der Waals surface area contributed by atoms with E-state index >= 15 is 0 Å². The van der Waals surface area contributed by atoms with E-state index in [1.165, 1.54) is 14.1 Å². The molecule has 5 aromatic rings. The molecule has 3 heterocycles. The second kappa shape index (κ2) is 12.8. The number of aliphatic imine (C=N–C) groups is 1. The van der Waals surface area contributed by atoms with Crippen LogP contribution >= 0.6 is 0 Å². The first kappa shape index (κ1) is 30.4. The van der Waals surface area contributed by atoms with Crippen LogP contribution in [-0.2, 0) is 20.5 Å². The van der Waals surface area contributed by atoms with Gasteiger partial charge in [-0.3, -0.25) is 23.7 Å². The van der Waals surface area contributed by atoms with E-state index in [9.17, 15) is 19.5 Å². The molecular formula is C36H35N5O5. The molecule has 0 saturated heterocycles. The number of rotatable bonds is 8. The van der Waals surface area contributed by atoms with Crippen LogP contribution in [0.25, 0.3) is 0 Å². The van der Waals surface area contributed by atoms with E-state index in [4.69, 9.17) is 9.41 Å². The number of benzene rings is 3.